The van der Waals surface area contributed by atoms with Gasteiger partial charge in [-0.05, 0) is 44.4 Å². The van der Waals surface area contributed by atoms with Crippen LogP contribution in [0.2, 0.25) is 0 Å². The molecule has 0 aliphatic heterocycles. The maximum Gasteiger partial charge on any atom is 0.124 e. The quantitative estimate of drug-likeness (QED) is 0.917. The first kappa shape index (κ1) is 13.7. The van der Waals surface area contributed by atoms with Gasteiger partial charge < -0.3 is 5.11 Å². The van der Waals surface area contributed by atoms with Crippen molar-refractivity contribution in [2.24, 2.45) is 0 Å². The van der Waals surface area contributed by atoms with Crippen LogP contribution in [0, 0.1) is 13.8 Å². The number of hydrogen-bond donors (Lipinski definition) is 1. The minimum atomic E-state index is 0.239. The van der Waals surface area contributed by atoms with E-state index in [4.69, 9.17) is 5.11 Å². The molecule has 96 valence electrons. The first-order valence-electron chi connectivity index (χ1n) is 5.95. The Morgan fingerprint density at radius 1 is 1.33 bits per heavy atom. The molecule has 1 aromatic carbocycles. The molecular formula is C14H16BrNOS. The summed E-state index contributed by atoms with van der Waals surface area (Å²) in [5, 5.41) is 9.97. The summed E-state index contributed by atoms with van der Waals surface area (Å²) in [6, 6.07) is 6.26. The molecule has 0 fully saturated rings. The zero-order chi connectivity index (χ0) is 13.1. The van der Waals surface area contributed by atoms with E-state index >= 15 is 0 Å². The molecule has 0 amide bonds. The molecule has 4 heteroatoms. The Morgan fingerprint density at radius 2 is 2.11 bits per heavy atom. The highest BCUT2D eigenvalue weighted by Gasteiger charge is 2.11. The topological polar surface area (TPSA) is 33.1 Å². The summed E-state index contributed by atoms with van der Waals surface area (Å²) in [6.45, 7) is 4.38. The second kappa shape index (κ2) is 5.95. The van der Waals surface area contributed by atoms with E-state index in [-0.39, 0.29) is 6.61 Å². The van der Waals surface area contributed by atoms with Crippen LogP contribution in [-0.2, 0) is 6.42 Å². The van der Waals surface area contributed by atoms with Crippen molar-refractivity contribution in [3.8, 4) is 10.6 Å². The van der Waals surface area contributed by atoms with Crippen LogP contribution in [0.25, 0.3) is 10.6 Å². The van der Waals surface area contributed by atoms with Gasteiger partial charge in [-0.2, -0.15) is 0 Å². The molecule has 1 aromatic heterocycles. The van der Waals surface area contributed by atoms with Gasteiger partial charge in [0.15, 0.2) is 0 Å². The van der Waals surface area contributed by atoms with Crippen LogP contribution in [-0.4, -0.2) is 16.7 Å². The van der Waals surface area contributed by atoms with E-state index in [1.807, 2.05) is 13.0 Å². The van der Waals surface area contributed by atoms with Crippen molar-refractivity contribution < 1.29 is 5.11 Å². The van der Waals surface area contributed by atoms with E-state index in [9.17, 15) is 0 Å². The number of aryl methyl sites for hydroxylation is 3. The largest absolute Gasteiger partial charge is 0.396 e. The Morgan fingerprint density at radius 3 is 2.83 bits per heavy atom. The maximum absolute atomic E-state index is 8.90. The molecule has 0 radical (unpaired) electrons. The van der Waals surface area contributed by atoms with E-state index in [1.54, 1.807) is 11.3 Å². The van der Waals surface area contributed by atoms with Crippen LogP contribution in [0.1, 0.15) is 22.6 Å². The molecule has 1 heterocycles. The lowest BCUT2D eigenvalue weighted by molar-refractivity contribution is 0.289. The van der Waals surface area contributed by atoms with Gasteiger partial charge in [0.2, 0.25) is 0 Å². The predicted molar refractivity (Wildman–Crippen MR) is 80.1 cm³/mol. The second-order valence-corrected chi connectivity index (χ2v) is 6.31. The van der Waals surface area contributed by atoms with Crippen LogP contribution in [0.15, 0.2) is 22.7 Å². The van der Waals surface area contributed by atoms with E-state index < -0.39 is 0 Å². The molecule has 0 saturated carbocycles. The molecule has 2 nitrogen and oxygen atoms in total. The van der Waals surface area contributed by atoms with Crippen LogP contribution >= 0.6 is 27.3 Å². The lowest BCUT2D eigenvalue weighted by atomic mass is 10.1. The molecule has 0 unspecified atom stereocenters. The standard InChI is InChI=1S/C14H16BrNOS/c1-9-5-6-11(15)8-12(9)14-16-10(2)13(18-14)4-3-7-17/h5-6,8,17H,3-4,7H2,1-2H3. The van der Waals surface area contributed by atoms with Gasteiger partial charge in [0.1, 0.15) is 5.01 Å². The maximum atomic E-state index is 8.90. The summed E-state index contributed by atoms with van der Waals surface area (Å²) >= 11 is 5.24. The molecular weight excluding hydrogens is 310 g/mol. The Kier molecular flexibility index (Phi) is 4.54. The van der Waals surface area contributed by atoms with E-state index in [1.165, 1.54) is 16.0 Å². The minimum absolute atomic E-state index is 0.239. The van der Waals surface area contributed by atoms with Gasteiger partial charge in [0.05, 0.1) is 5.69 Å². The third-order valence-electron chi connectivity index (χ3n) is 2.88. The van der Waals surface area contributed by atoms with Crippen LogP contribution in [0.4, 0.5) is 0 Å². The zero-order valence-corrected chi connectivity index (χ0v) is 12.9. The molecule has 0 saturated heterocycles. The number of nitrogens with zero attached hydrogens (tertiary/aromatic N) is 1. The Hall–Kier alpha value is -0.710. The molecule has 2 rings (SSSR count). The van der Waals surface area contributed by atoms with Crippen molar-refractivity contribution in [2.45, 2.75) is 26.7 Å². The minimum Gasteiger partial charge on any atom is -0.396 e. The van der Waals surface area contributed by atoms with Gasteiger partial charge in [-0.25, -0.2) is 4.98 Å². The average molecular weight is 326 g/mol. The Bertz CT molecular complexity index is 551. The van der Waals surface area contributed by atoms with Crippen molar-refractivity contribution in [3.63, 3.8) is 0 Å². The molecule has 0 aliphatic carbocycles. The number of aliphatic hydroxyl groups is 1. The average Bonchev–Trinajstić information content (AvgIpc) is 2.71. The first-order chi connectivity index (χ1) is 8.61. The van der Waals surface area contributed by atoms with Gasteiger partial charge >= 0.3 is 0 Å². The number of halogens is 1. The number of thiazole rings is 1. The van der Waals surface area contributed by atoms with Gasteiger partial charge in [0, 0.05) is 21.5 Å². The summed E-state index contributed by atoms with van der Waals surface area (Å²) in [5.74, 6) is 0. The number of aromatic nitrogens is 1. The van der Waals surface area contributed by atoms with Gasteiger partial charge in [-0.1, -0.05) is 22.0 Å². The fourth-order valence-corrected chi connectivity index (χ4v) is 3.39. The predicted octanol–water partition coefficient (Wildman–Crippen LogP) is 4.11. The number of benzene rings is 1. The van der Waals surface area contributed by atoms with Crippen molar-refractivity contribution in [3.05, 3.63) is 38.8 Å². The van der Waals surface area contributed by atoms with Gasteiger partial charge in [0.25, 0.3) is 0 Å². The summed E-state index contributed by atoms with van der Waals surface area (Å²) in [5.41, 5.74) is 3.51. The smallest absolute Gasteiger partial charge is 0.124 e. The number of rotatable bonds is 4. The monoisotopic (exact) mass is 325 g/mol. The Labute approximate surface area is 120 Å². The van der Waals surface area contributed by atoms with Crippen molar-refractivity contribution >= 4 is 27.3 Å². The highest BCUT2D eigenvalue weighted by molar-refractivity contribution is 9.10. The summed E-state index contributed by atoms with van der Waals surface area (Å²) < 4.78 is 1.08. The van der Waals surface area contributed by atoms with E-state index in [0.29, 0.717) is 0 Å². The number of aliphatic hydroxyl groups excluding tert-OH is 1. The fourth-order valence-electron chi connectivity index (χ4n) is 1.84. The molecule has 0 aliphatic rings. The zero-order valence-electron chi connectivity index (χ0n) is 10.5. The second-order valence-electron chi connectivity index (χ2n) is 4.31. The molecule has 1 N–H and O–H groups in total. The third-order valence-corrected chi connectivity index (χ3v) is 4.63. The number of hydrogen-bond acceptors (Lipinski definition) is 3. The highest BCUT2D eigenvalue weighted by atomic mass is 79.9. The van der Waals surface area contributed by atoms with E-state index in [2.05, 4.69) is 40.0 Å². The molecule has 2 aromatic rings. The van der Waals surface area contributed by atoms with Crippen LogP contribution in [0.3, 0.4) is 0 Å². The highest BCUT2D eigenvalue weighted by Crippen LogP contribution is 2.32. The van der Waals surface area contributed by atoms with Gasteiger partial charge in [-0.3, -0.25) is 0 Å². The first-order valence-corrected chi connectivity index (χ1v) is 7.56. The molecule has 18 heavy (non-hydrogen) atoms. The van der Waals surface area contributed by atoms with Crippen molar-refractivity contribution in [1.29, 1.82) is 0 Å². The fraction of sp³-hybridized carbons (Fsp3) is 0.357. The molecule has 0 atom stereocenters. The lowest BCUT2D eigenvalue weighted by Gasteiger charge is -2.02. The summed E-state index contributed by atoms with van der Waals surface area (Å²) in [6.07, 6.45) is 1.72. The Balaban J connectivity index is 2.36. The summed E-state index contributed by atoms with van der Waals surface area (Å²) in [7, 11) is 0. The third kappa shape index (κ3) is 2.99. The SMILES string of the molecule is Cc1ccc(Br)cc1-c1nc(C)c(CCCO)s1. The molecule has 0 bridgehead atoms. The molecule has 0 spiro atoms. The van der Waals surface area contributed by atoms with Crippen molar-refractivity contribution in [2.75, 3.05) is 6.61 Å². The lowest BCUT2D eigenvalue weighted by Crippen LogP contribution is -1.88. The van der Waals surface area contributed by atoms with Gasteiger partial charge in [-0.15, -0.1) is 11.3 Å². The normalized spacial score (nSPS) is 10.9. The van der Waals surface area contributed by atoms with Crippen LogP contribution < -0.4 is 0 Å². The van der Waals surface area contributed by atoms with Crippen molar-refractivity contribution in [1.82, 2.24) is 4.98 Å². The summed E-state index contributed by atoms with van der Waals surface area (Å²) in [4.78, 5) is 5.93. The van der Waals surface area contributed by atoms with E-state index in [0.717, 1.165) is 28.0 Å². The van der Waals surface area contributed by atoms with Crippen LogP contribution in [0.5, 0.6) is 0 Å².